The molecule has 0 unspecified atom stereocenters. The minimum atomic E-state index is -0.643. The molecule has 0 bridgehead atoms. The first-order valence-corrected chi connectivity index (χ1v) is 5.86. The Labute approximate surface area is 93.1 Å². The van der Waals surface area contributed by atoms with Crippen LogP contribution < -0.4 is 0 Å². The zero-order chi connectivity index (χ0) is 11.5. The molecule has 84 valence electrons. The number of rotatable bonds is 4. The van der Waals surface area contributed by atoms with Crippen molar-refractivity contribution in [3.8, 4) is 0 Å². The standard InChI is InChI=1S/C14H22O/c1-5-14(15,6-2)13-9-7-12(8-10-13)11(3)4/h7-11,15H,5-6H2,1-4H3. The van der Waals surface area contributed by atoms with Crippen LogP contribution in [0.3, 0.4) is 0 Å². The summed E-state index contributed by atoms with van der Waals surface area (Å²) in [6.45, 7) is 8.42. The van der Waals surface area contributed by atoms with Crippen LogP contribution in [0.1, 0.15) is 57.6 Å². The molecule has 1 heteroatoms. The first-order chi connectivity index (χ1) is 7.03. The van der Waals surface area contributed by atoms with E-state index in [1.807, 2.05) is 13.8 Å². The third kappa shape index (κ3) is 2.60. The average molecular weight is 206 g/mol. The van der Waals surface area contributed by atoms with Crippen molar-refractivity contribution in [3.05, 3.63) is 35.4 Å². The van der Waals surface area contributed by atoms with Crippen molar-refractivity contribution in [2.75, 3.05) is 0 Å². The summed E-state index contributed by atoms with van der Waals surface area (Å²) in [5, 5.41) is 10.3. The lowest BCUT2D eigenvalue weighted by Crippen LogP contribution is -2.23. The number of aliphatic hydroxyl groups is 1. The molecule has 0 saturated heterocycles. The van der Waals surface area contributed by atoms with Crippen molar-refractivity contribution in [1.29, 1.82) is 0 Å². The van der Waals surface area contributed by atoms with Crippen LogP contribution in [-0.4, -0.2) is 5.11 Å². The van der Waals surface area contributed by atoms with Crippen LogP contribution in [0.5, 0.6) is 0 Å². The highest BCUT2D eigenvalue weighted by molar-refractivity contribution is 5.28. The highest BCUT2D eigenvalue weighted by Gasteiger charge is 2.24. The Morgan fingerprint density at radius 2 is 1.53 bits per heavy atom. The summed E-state index contributed by atoms with van der Waals surface area (Å²) in [7, 11) is 0. The first kappa shape index (κ1) is 12.3. The maximum atomic E-state index is 10.3. The third-order valence-corrected chi connectivity index (χ3v) is 3.28. The molecule has 0 atom stereocenters. The topological polar surface area (TPSA) is 20.2 Å². The summed E-state index contributed by atoms with van der Waals surface area (Å²) < 4.78 is 0. The third-order valence-electron chi connectivity index (χ3n) is 3.28. The molecule has 0 fully saturated rings. The zero-order valence-corrected chi connectivity index (χ0v) is 10.2. The minimum Gasteiger partial charge on any atom is -0.385 e. The maximum absolute atomic E-state index is 10.3. The largest absolute Gasteiger partial charge is 0.385 e. The lowest BCUT2D eigenvalue weighted by molar-refractivity contribution is 0.0283. The van der Waals surface area contributed by atoms with Gasteiger partial charge in [-0.25, -0.2) is 0 Å². The van der Waals surface area contributed by atoms with Crippen LogP contribution >= 0.6 is 0 Å². The lowest BCUT2D eigenvalue weighted by atomic mass is 9.87. The van der Waals surface area contributed by atoms with Gasteiger partial charge in [-0.05, 0) is 29.9 Å². The zero-order valence-electron chi connectivity index (χ0n) is 10.2. The molecule has 0 aliphatic rings. The monoisotopic (exact) mass is 206 g/mol. The molecule has 1 aromatic rings. The van der Waals surface area contributed by atoms with E-state index in [0.717, 1.165) is 18.4 Å². The summed E-state index contributed by atoms with van der Waals surface area (Å²) in [5.41, 5.74) is 1.72. The number of hydrogen-bond acceptors (Lipinski definition) is 1. The number of benzene rings is 1. The normalized spacial score (nSPS) is 12.1. The molecule has 1 nitrogen and oxygen atoms in total. The molecule has 0 aromatic heterocycles. The van der Waals surface area contributed by atoms with E-state index >= 15 is 0 Å². The van der Waals surface area contributed by atoms with Crippen molar-refractivity contribution in [3.63, 3.8) is 0 Å². The van der Waals surface area contributed by atoms with Crippen LogP contribution in [0.2, 0.25) is 0 Å². The molecule has 0 radical (unpaired) electrons. The molecular weight excluding hydrogens is 184 g/mol. The van der Waals surface area contributed by atoms with E-state index < -0.39 is 5.60 Å². The average Bonchev–Trinajstić information content (AvgIpc) is 2.28. The van der Waals surface area contributed by atoms with Crippen LogP contribution in [0.25, 0.3) is 0 Å². The van der Waals surface area contributed by atoms with Gasteiger partial charge in [0.15, 0.2) is 0 Å². The number of hydrogen-bond donors (Lipinski definition) is 1. The van der Waals surface area contributed by atoms with Gasteiger partial charge in [-0.3, -0.25) is 0 Å². The molecule has 1 aromatic carbocycles. The van der Waals surface area contributed by atoms with E-state index in [-0.39, 0.29) is 0 Å². The van der Waals surface area contributed by atoms with Crippen LogP contribution in [0.4, 0.5) is 0 Å². The molecule has 0 saturated carbocycles. The summed E-state index contributed by atoms with van der Waals surface area (Å²) in [6.07, 6.45) is 1.54. The first-order valence-electron chi connectivity index (χ1n) is 5.86. The minimum absolute atomic E-state index is 0.551. The van der Waals surface area contributed by atoms with E-state index in [1.54, 1.807) is 0 Å². The molecule has 1 N–H and O–H groups in total. The second-order valence-electron chi connectivity index (χ2n) is 4.52. The van der Waals surface area contributed by atoms with Crippen molar-refractivity contribution in [1.82, 2.24) is 0 Å². The van der Waals surface area contributed by atoms with E-state index in [1.165, 1.54) is 5.56 Å². The fraction of sp³-hybridized carbons (Fsp3) is 0.571. The van der Waals surface area contributed by atoms with Gasteiger partial charge in [0, 0.05) is 0 Å². The van der Waals surface area contributed by atoms with Gasteiger partial charge < -0.3 is 5.11 Å². The van der Waals surface area contributed by atoms with Gasteiger partial charge in [0.1, 0.15) is 0 Å². The highest BCUT2D eigenvalue weighted by Crippen LogP contribution is 2.29. The molecular formula is C14H22O. The van der Waals surface area contributed by atoms with Crippen molar-refractivity contribution >= 4 is 0 Å². The van der Waals surface area contributed by atoms with Crippen molar-refractivity contribution in [2.45, 2.75) is 52.1 Å². The van der Waals surface area contributed by atoms with Gasteiger partial charge in [-0.2, -0.15) is 0 Å². The van der Waals surface area contributed by atoms with Crippen LogP contribution in [-0.2, 0) is 5.60 Å². The van der Waals surface area contributed by atoms with Gasteiger partial charge in [0.25, 0.3) is 0 Å². The second kappa shape index (κ2) is 4.80. The van der Waals surface area contributed by atoms with Gasteiger partial charge in [0.2, 0.25) is 0 Å². The smallest absolute Gasteiger partial charge is 0.0891 e. The summed E-state index contributed by atoms with van der Waals surface area (Å²) in [5.74, 6) is 0.551. The summed E-state index contributed by atoms with van der Waals surface area (Å²) >= 11 is 0. The van der Waals surface area contributed by atoms with E-state index in [4.69, 9.17) is 0 Å². The quantitative estimate of drug-likeness (QED) is 0.794. The van der Waals surface area contributed by atoms with E-state index in [2.05, 4.69) is 38.1 Å². The Hall–Kier alpha value is -0.820. The highest BCUT2D eigenvalue weighted by atomic mass is 16.3. The fourth-order valence-corrected chi connectivity index (χ4v) is 1.84. The Kier molecular flexibility index (Phi) is 3.92. The second-order valence-corrected chi connectivity index (χ2v) is 4.52. The van der Waals surface area contributed by atoms with Crippen molar-refractivity contribution < 1.29 is 5.11 Å². The molecule has 1 rings (SSSR count). The predicted molar refractivity (Wildman–Crippen MR) is 65.0 cm³/mol. The SMILES string of the molecule is CCC(O)(CC)c1ccc(C(C)C)cc1. The van der Waals surface area contributed by atoms with Gasteiger partial charge in [-0.15, -0.1) is 0 Å². The van der Waals surface area contributed by atoms with Gasteiger partial charge in [0.05, 0.1) is 5.60 Å². The van der Waals surface area contributed by atoms with Crippen LogP contribution in [0.15, 0.2) is 24.3 Å². The summed E-state index contributed by atoms with van der Waals surface area (Å²) in [4.78, 5) is 0. The Balaban J connectivity index is 2.97. The van der Waals surface area contributed by atoms with Gasteiger partial charge >= 0.3 is 0 Å². The van der Waals surface area contributed by atoms with Crippen LogP contribution in [0, 0.1) is 0 Å². The Bertz CT molecular complexity index is 294. The molecule has 15 heavy (non-hydrogen) atoms. The van der Waals surface area contributed by atoms with E-state index in [9.17, 15) is 5.11 Å². The molecule has 0 amide bonds. The summed E-state index contributed by atoms with van der Waals surface area (Å²) in [6, 6.07) is 8.36. The Morgan fingerprint density at radius 3 is 1.87 bits per heavy atom. The fourth-order valence-electron chi connectivity index (χ4n) is 1.84. The molecule has 0 heterocycles. The molecule has 0 aliphatic carbocycles. The van der Waals surface area contributed by atoms with Gasteiger partial charge in [-0.1, -0.05) is 52.0 Å². The van der Waals surface area contributed by atoms with E-state index in [0.29, 0.717) is 5.92 Å². The lowest BCUT2D eigenvalue weighted by Gasteiger charge is -2.26. The molecule has 0 spiro atoms. The Morgan fingerprint density at radius 1 is 1.07 bits per heavy atom. The molecule has 0 aliphatic heterocycles. The maximum Gasteiger partial charge on any atom is 0.0891 e. The van der Waals surface area contributed by atoms with Crippen molar-refractivity contribution in [2.24, 2.45) is 0 Å². The predicted octanol–water partition coefficient (Wildman–Crippen LogP) is 3.82.